The zero-order valence-electron chi connectivity index (χ0n) is 11.1. The van der Waals surface area contributed by atoms with Crippen molar-refractivity contribution in [1.29, 1.82) is 0 Å². The molecule has 1 aromatic heterocycles. The van der Waals surface area contributed by atoms with Crippen molar-refractivity contribution < 1.29 is 23.1 Å². The molecule has 1 atom stereocenters. The molecule has 0 unspecified atom stereocenters. The molecule has 2 heterocycles. The molecule has 0 radical (unpaired) electrons. The Morgan fingerprint density at radius 2 is 2.19 bits per heavy atom. The second-order valence-electron chi connectivity index (χ2n) is 4.59. The standard InChI is InChI=1S/C11H12ClF3N4O2/c1-3-6-4-10(21,11(13,14)15)19(17-6)9(20)8-7(12)5-16-18(8)2/h5,21H,3-4H2,1-2H3/t10-/m0/s1. The molecule has 0 aromatic carbocycles. The number of carbonyl (C=O) groups is 1. The summed E-state index contributed by atoms with van der Waals surface area (Å²) >= 11 is 5.75. The number of alkyl halides is 3. The first-order valence-electron chi connectivity index (χ1n) is 5.99. The average Bonchev–Trinajstić information content (AvgIpc) is 2.90. The molecule has 1 aliphatic rings. The number of amides is 1. The smallest absolute Gasteiger partial charge is 0.362 e. The van der Waals surface area contributed by atoms with Crippen LogP contribution in [0.15, 0.2) is 11.3 Å². The topological polar surface area (TPSA) is 70.7 Å². The molecule has 1 amide bonds. The summed E-state index contributed by atoms with van der Waals surface area (Å²) in [6.07, 6.45) is -4.52. The van der Waals surface area contributed by atoms with Gasteiger partial charge in [-0.1, -0.05) is 18.5 Å². The van der Waals surface area contributed by atoms with E-state index in [4.69, 9.17) is 11.6 Å². The maximum atomic E-state index is 13.1. The van der Waals surface area contributed by atoms with Gasteiger partial charge >= 0.3 is 6.18 Å². The fraction of sp³-hybridized carbons (Fsp3) is 0.545. The minimum absolute atomic E-state index is 0.0364. The van der Waals surface area contributed by atoms with Crippen molar-refractivity contribution in [2.45, 2.75) is 31.7 Å². The quantitative estimate of drug-likeness (QED) is 0.903. The Morgan fingerprint density at radius 3 is 2.62 bits per heavy atom. The molecule has 0 fully saturated rings. The number of nitrogens with zero attached hydrogens (tertiary/aromatic N) is 4. The Kier molecular flexibility index (Phi) is 3.75. The van der Waals surface area contributed by atoms with Gasteiger partial charge in [-0.2, -0.15) is 28.4 Å². The Bertz CT molecular complexity index is 594. The van der Waals surface area contributed by atoms with Crippen molar-refractivity contribution in [2.24, 2.45) is 12.1 Å². The van der Waals surface area contributed by atoms with Crippen LogP contribution in [0.1, 0.15) is 30.3 Å². The van der Waals surface area contributed by atoms with Gasteiger partial charge in [0.25, 0.3) is 11.6 Å². The van der Waals surface area contributed by atoms with Gasteiger partial charge in [0.2, 0.25) is 0 Å². The lowest BCUT2D eigenvalue weighted by atomic mass is 10.0. The predicted molar refractivity (Wildman–Crippen MR) is 67.7 cm³/mol. The lowest BCUT2D eigenvalue weighted by Crippen LogP contribution is -2.56. The van der Waals surface area contributed by atoms with E-state index in [1.165, 1.54) is 7.05 Å². The van der Waals surface area contributed by atoms with E-state index >= 15 is 0 Å². The van der Waals surface area contributed by atoms with Crippen LogP contribution in [0.5, 0.6) is 0 Å². The van der Waals surface area contributed by atoms with Gasteiger partial charge in [-0.15, -0.1) is 0 Å². The molecule has 1 aliphatic heterocycles. The van der Waals surface area contributed by atoms with Gasteiger partial charge in [-0.05, 0) is 6.42 Å². The molecule has 21 heavy (non-hydrogen) atoms. The zero-order valence-corrected chi connectivity index (χ0v) is 11.9. The second kappa shape index (κ2) is 4.99. The van der Waals surface area contributed by atoms with Crippen LogP contribution in [-0.2, 0) is 7.05 Å². The second-order valence-corrected chi connectivity index (χ2v) is 5.00. The molecule has 0 bridgehead atoms. The summed E-state index contributed by atoms with van der Waals surface area (Å²) in [5.74, 6) is -1.16. The Morgan fingerprint density at radius 1 is 1.57 bits per heavy atom. The van der Waals surface area contributed by atoms with Gasteiger partial charge in [0, 0.05) is 19.2 Å². The van der Waals surface area contributed by atoms with Crippen LogP contribution in [0.4, 0.5) is 13.2 Å². The first-order chi connectivity index (χ1) is 9.61. The molecule has 1 aromatic rings. The zero-order chi connectivity index (χ0) is 16.0. The van der Waals surface area contributed by atoms with E-state index in [0.29, 0.717) is 0 Å². The molecule has 0 spiro atoms. The molecular weight excluding hydrogens is 313 g/mol. The van der Waals surface area contributed by atoms with E-state index < -0.39 is 24.2 Å². The molecule has 2 rings (SSSR count). The number of hydrogen-bond donors (Lipinski definition) is 1. The number of carbonyl (C=O) groups excluding carboxylic acids is 1. The van der Waals surface area contributed by atoms with E-state index in [0.717, 1.165) is 10.9 Å². The third-order valence-corrected chi connectivity index (χ3v) is 3.47. The van der Waals surface area contributed by atoms with Gasteiger partial charge in [-0.25, -0.2) is 0 Å². The molecule has 1 N–H and O–H groups in total. The summed E-state index contributed by atoms with van der Waals surface area (Å²) in [5, 5.41) is 17.1. The van der Waals surface area contributed by atoms with E-state index in [9.17, 15) is 23.1 Å². The van der Waals surface area contributed by atoms with Crippen molar-refractivity contribution in [3.8, 4) is 0 Å². The Hall–Kier alpha value is -1.61. The summed E-state index contributed by atoms with van der Waals surface area (Å²) in [4.78, 5) is 12.3. The minimum Gasteiger partial charge on any atom is -0.362 e. The van der Waals surface area contributed by atoms with Crippen molar-refractivity contribution in [3.05, 3.63) is 16.9 Å². The van der Waals surface area contributed by atoms with E-state index in [1.807, 2.05) is 0 Å². The molecular formula is C11H12ClF3N4O2. The first-order valence-corrected chi connectivity index (χ1v) is 6.37. The van der Waals surface area contributed by atoms with Crippen LogP contribution in [0.2, 0.25) is 5.02 Å². The number of aliphatic hydroxyl groups is 1. The van der Waals surface area contributed by atoms with Crippen molar-refractivity contribution in [2.75, 3.05) is 0 Å². The number of rotatable bonds is 2. The highest BCUT2D eigenvalue weighted by molar-refractivity contribution is 6.33. The van der Waals surface area contributed by atoms with Gasteiger partial charge in [0.1, 0.15) is 5.69 Å². The Labute approximate surface area is 122 Å². The predicted octanol–water partition coefficient (Wildman–Crippen LogP) is 1.94. The highest BCUT2D eigenvalue weighted by Crippen LogP contribution is 2.41. The van der Waals surface area contributed by atoms with E-state index in [2.05, 4.69) is 10.2 Å². The molecule has 10 heteroatoms. The van der Waals surface area contributed by atoms with Crippen molar-refractivity contribution >= 4 is 23.2 Å². The number of hydrogen-bond acceptors (Lipinski definition) is 4. The number of aromatic nitrogens is 2. The summed E-state index contributed by atoms with van der Waals surface area (Å²) < 4.78 is 40.4. The van der Waals surface area contributed by atoms with Gasteiger partial charge in [-0.3, -0.25) is 9.48 Å². The van der Waals surface area contributed by atoms with Crippen LogP contribution >= 0.6 is 11.6 Å². The average molecular weight is 325 g/mol. The first kappa shape index (κ1) is 15.8. The fourth-order valence-electron chi connectivity index (χ4n) is 2.00. The number of hydrazone groups is 1. The lowest BCUT2D eigenvalue weighted by molar-refractivity contribution is -0.297. The van der Waals surface area contributed by atoms with Crippen LogP contribution in [0.25, 0.3) is 0 Å². The van der Waals surface area contributed by atoms with Gasteiger partial charge < -0.3 is 5.11 Å². The van der Waals surface area contributed by atoms with Crippen LogP contribution < -0.4 is 0 Å². The summed E-state index contributed by atoms with van der Waals surface area (Å²) in [6.45, 7) is 1.58. The SMILES string of the molecule is CCC1=NN(C(=O)c2c(Cl)cnn2C)[C@@](O)(C(F)(F)F)C1. The van der Waals surface area contributed by atoms with Crippen LogP contribution in [-0.4, -0.2) is 43.4 Å². The largest absolute Gasteiger partial charge is 0.438 e. The normalized spacial score (nSPS) is 22.6. The maximum Gasteiger partial charge on any atom is 0.438 e. The highest BCUT2D eigenvalue weighted by atomic mass is 35.5. The molecule has 0 aliphatic carbocycles. The van der Waals surface area contributed by atoms with Crippen molar-refractivity contribution in [3.63, 3.8) is 0 Å². The summed E-state index contributed by atoms with van der Waals surface area (Å²) in [7, 11) is 1.35. The third kappa shape index (κ3) is 2.40. The minimum atomic E-state index is -5.05. The van der Waals surface area contributed by atoms with Crippen molar-refractivity contribution in [1.82, 2.24) is 14.8 Å². The third-order valence-electron chi connectivity index (χ3n) is 3.19. The maximum absolute atomic E-state index is 13.1. The number of aryl methyl sites for hydroxylation is 1. The lowest BCUT2D eigenvalue weighted by Gasteiger charge is -2.32. The fourth-order valence-corrected chi connectivity index (χ4v) is 2.25. The molecule has 6 nitrogen and oxygen atoms in total. The van der Waals surface area contributed by atoms with E-state index in [1.54, 1.807) is 6.92 Å². The monoisotopic (exact) mass is 324 g/mol. The van der Waals surface area contributed by atoms with Crippen LogP contribution in [0.3, 0.4) is 0 Å². The summed E-state index contributed by atoms with van der Waals surface area (Å²) in [6, 6.07) is 0. The highest BCUT2D eigenvalue weighted by Gasteiger charge is 2.63. The summed E-state index contributed by atoms with van der Waals surface area (Å²) in [5.41, 5.74) is -3.58. The van der Waals surface area contributed by atoms with E-state index in [-0.39, 0.29) is 27.9 Å². The number of halogens is 4. The molecule has 0 saturated heterocycles. The molecule has 0 saturated carbocycles. The van der Waals surface area contributed by atoms with Gasteiger partial charge in [0.15, 0.2) is 0 Å². The van der Waals surface area contributed by atoms with Crippen LogP contribution in [0, 0.1) is 0 Å². The van der Waals surface area contributed by atoms with Gasteiger partial charge in [0.05, 0.1) is 11.2 Å². The molecule has 116 valence electrons. The Balaban J connectivity index is 2.49.